The van der Waals surface area contributed by atoms with Gasteiger partial charge in [0.25, 0.3) is 0 Å². The van der Waals surface area contributed by atoms with Crippen LogP contribution in [0, 0.1) is 5.92 Å². The Balaban J connectivity index is 0. The predicted molar refractivity (Wildman–Crippen MR) is 118 cm³/mol. The SMILES string of the molecule is CP(C)C[C-](c1ccccc1)c1ccccc1.[Cl-].[Cl-].[Cl-].[Hf].c1ccc2[cH-]ccc2c1. The molecule has 0 nitrogen and oxygen atoms in total. The van der Waals surface area contributed by atoms with E-state index < -0.39 is 0 Å². The Morgan fingerprint density at radius 3 is 1.60 bits per heavy atom. The number of hydrogen-bond donors (Lipinski definition) is 0. The molecule has 0 unspecified atom stereocenters. The molecular weight excluding hydrogens is 616 g/mol. The molecule has 4 aromatic rings. The Morgan fingerprint density at radius 2 is 1.13 bits per heavy atom. The molecule has 0 aliphatic carbocycles. The van der Waals surface area contributed by atoms with Crippen LogP contribution in [0.5, 0.6) is 0 Å². The number of benzene rings is 3. The van der Waals surface area contributed by atoms with Crippen molar-refractivity contribution in [1.82, 2.24) is 0 Å². The van der Waals surface area contributed by atoms with E-state index in [0.717, 1.165) is 0 Å². The normalized spacial score (nSPS) is 9.03. The molecule has 0 fully saturated rings. The molecule has 0 amide bonds. The van der Waals surface area contributed by atoms with Crippen molar-refractivity contribution in [2.75, 3.05) is 19.5 Å². The van der Waals surface area contributed by atoms with Crippen LogP contribution < -0.4 is 37.2 Å². The van der Waals surface area contributed by atoms with E-state index >= 15 is 0 Å². The molecule has 5 heteroatoms. The molecule has 0 aromatic heterocycles. The minimum atomic E-state index is 0. The van der Waals surface area contributed by atoms with E-state index in [4.69, 9.17) is 0 Å². The van der Waals surface area contributed by atoms with Crippen LogP contribution in [0.4, 0.5) is 0 Å². The van der Waals surface area contributed by atoms with Crippen molar-refractivity contribution in [3.8, 4) is 0 Å². The fourth-order valence-corrected chi connectivity index (χ4v) is 4.01. The summed E-state index contributed by atoms with van der Waals surface area (Å²) in [6.07, 6.45) is 1.18. The van der Waals surface area contributed by atoms with E-state index in [1.807, 2.05) is 0 Å². The molecule has 0 radical (unpaired) electrons. The Morgan fingerprint density at radius 1 is 0.667 bits per heavy atom. The molecule has 0 aliphatic rings. The van der Waals surface area contributed by atoms with Crippen molar-refractivity contribution in [2.45, 2.75) is 0 Å². The second-order valence-electron chi connectivity index (χ2n) is 6.60. The molecule has 4 aromatic carbocycles. The van der Waals surface area contributed by atoms with E-state index in [2.05, 4.69) is 116 Å². The zero-order valence-electron chi connectivity index (χ0n) is 17.1. The molecule has 30 heavy (non-hydrogen) atoms. The molecule has 0 aliphatic heterocycles. The average molecular weight is 641 g/mol. The molecule has 160 valence electrons. The Hall–Kier alpha value is -0.690. The standard InChI is InChI=1S/C16H18P.C9H7.3ClH.Hf/c1-17(2)13-16(14-9-5-3-6-10-14)15-11-7-4-8-12-15;1-2-5-9-7-3-6-8(9)4-1;;;;/h3-12H,13H2,1-2H3;1-7H;3*1H;/q2*-1;;;;/p-3. The van der Waals surface area contributed by atoms with E-state index in [0.29, 0.717) is 0 Å². The fraction of sp³-hybridized carbons (Fsp3) is 0.120. The minimum absolute atomic E-state index is 0. The van der Waals surface area contributed by atoms with Gasteiger partial charge in [-0.2, -0.15) is 17.5 Å². The van der Waals surface area contributed by atoms with Gasteiger partial charge < -0.3 is 37.2 Å². The zero-order valence-corrected chi connectivity index (χ0v) is 23.9. The summed E-state index contributed by atoms with van der Waals surface area (Å²) in [6.45, 7) is 4.67. The van der Waals surface area contributed by atoms with Crippen molar-refractivity contribution in [2.24, 2.45) is 0 Å². The van der Waals surface area contributed by atoms with Crippen molar-refractivity contribution < 1.29 is 63.1 Å². The van der Waals surface area contributed by atoms with Gasteiger partial charge in [0.05, 0.1) is 0 Å². The summed E-state index contributed by atoms with van der Waals surface area (Å²) in [5.41, 5.74) is 2.71. The van der Waals surface area contributed by atoms with Crippen LogP contribution in [-0.4, -0.2) is 19.5 Å². The third kappa shape index (κ3) is 9.63. The molecular formula is C25H25Cl3HfP-5. The van der Waals surface area contributed by atoms with Crippen LogP contribution in [0.3, 0.4) is 0 Å². The third-order valence-corrected chi connectivity index (χ3v) is 5.22. The van der Waals surface area contributed by atoms with Gasteiger partial charge in [0.1, 0.15) is 0 Å². The Kier molecular flexibility index (Phi) is 17.8. The zero-order chi connectivity index (χ0) is 18.2. The summed E-state index contributed by atoms with van der Waals surface area (Å²) in [5, 5.41) is 2.66. The number of rotatable bonds is 4. The van der Waals surface area contributed by atoms with E-state index in [9.17, 15) is 0 Å². The first-order valence-corrected chi connectivity index (χ1v) is 11.4. The van der Waals surface area contributed by atoms with Crippen LogP contribution in [0.1, 0.15) is 11.1 Å². The topological polar surface area (TPSA) is 0 Å². The van der Waals surface area contributed by atoms with E-state index in [1.165, 1.54) is 34.0 Å². The van der Waals surface area contributed by atoms with Crippen LogP contribution in [0.25, 0.3) is 10.8 Å². The van der Waals surface area contributed by atoms with Crippen molar-refractivity contribution in [1.29, 1.82) is 0 Å². The van der Waals surface area contributed by atoms with Gasteiger partial charge in [-0.05, 0) is 19.5 Å². The minimum Gasteiger partial charge on any atom is -1.00 e. The molecule has 0 saturated carbocycles. The van der Waals surface area contributed by atoms with Gasteiger partial charge >= 0.3 is 0 Å². The van der Waals surface area contributed by atoms with Gasteiger partial charge in [0, 0.05) is 25.8 Å². The van der Waals surface area contributed by atoms with Crippen molar-refractivity contribution >= 4 is 18.7 Å². The van der Waals surface area contributed by atoms with Crippen LogP contribution in [0.15, 0.2) is 103 Å². The molecule has 4 rings (SSSR count). The summed E-state index contributed by atoms with van der Waals surface area (Å²) >= 11 is 0. The number of fused-ring (bicyclic) bond motifs is 1. The van der Waals surface area contributed by atoms with E-state index in [-0.39, 0.29) is 71.0 Å². The van der Waals surface area contributed by atoms with Crippen LogP contribution >= 0.6 is 7.92 Å². The van der Waals surface area contributed by atoms with Gasteiger partial charge in [0.15, 0.2) is 0 Å². The van der Waals surface area contributed by atoms with Crippen molar-refractivity contribution in [3.05, 3.63) is 120 Å². The van der Waals surface area contributed by atoms with Gasteiger partial charge in [-0.15, -0.1) is 78.9 Å². The first-order valence-electron chi connectivity index (χ1n) is 8.96. The fourth-order valence-electron chi connectivity index (χ4n) is 3.01. The largest absolute Gasteiger partial charge is 1.00 e. The van der Waals surface area contributed by atoms with Crippen LogP contribution in [-0.2, 0) is 25.8 Å². The number of hydrogen-bond acceptors (Lipinski definition) is 0. The Labute approximate surface area is 220 Å². The number of halogens is 3. The van der Waals surface area contributed by atoms with Gasteiger partial charge in [-0.25, -0.2) is 0 Å². The summed E-state index contributed by atoms with van der Waals surface area (Å²) in [4.78, 5) is 0. The molecule has 0 saturated heterocycles. The molecule has 0 atom stereocenters. The average Bonchev–Trinajstić information content (AvgIpc) is 3.17. The Bertz CT molecular complexity index is 842. The second kappa shape index (κ2) is 16.9. The quantitative estimate of drug-likeness (QED) is 0.137. The van der Waals surface area contributed by atoms with Crippen LogP contribution in [0.2, 0.25) is 0 Å². The van der Waals surface area contributed by atoms with Gasteiger partial charge in [-0.3, -0.25) is 0 Å². The maximum atomic E-state index is 2.33. The molecule has 0 heterocycles. The molecule has 0 bridgehead atoms. The monoisotopic (exact) mass is 641 g/mol. The maximum Gasteiger partial charge on any atom is 0 e. The first kappa shape index (κ1) is 31.5. The van der Waals surface area contributed by atoms with E-state index in [1.54, 1.807) is 0 Å². The summed E-state index contributed by atoms with van der Waals surface area (Å²) in [6, 6.07) is 36.1. The smallest absolute Gasteiger partial charge is 0 e. The van der Waals surface area contributed by atoms with Crippen molar-refractivity contribution in [3.63, 3.8) is 0 Å². The third-order valence-electron chi connectivity index (χ3n) is 4.27. The van der Waals surface area contributed by atoms with Gasteiger partial charge in [-0.1, -0.05) is 42.5 Å². The molecule has 0 spiro atoms. The first-order chi connectivity index (χ1) is 12.7. The second-order valence-corrected chi connectivity index (χ2v) is 9.08. The maximum absolute atomic E-state index is 2.33. The predicted octanol–water partition coefficient (Wildman–Crippen LogP) is -2.03. The summed E-state index contributed by atoms with van der Waals surface area (Å²) < 4.78 is 0. The molecule has 0 N–H and O–H groups in total. The summed E-state index contributed by atoms with van der Waals surface area (Å²) in [5.74, 6) is 1.47. The van der Waals surface area contributed by atoms with Gasteiger partial charge in [0.2, 0.25) is 0 Å². The summed E-state index contributed by atoms with van der Waals surface area (Å²) in [7, 11) is 0.0759.